The van der Waals surface area contributed by atoms with Gasteiger partial charge < -0.3 is 19.2 Å². The number of likely N-dealkylation sites (tertiary alicyclic amines) is 1. The number of methoxy groups -OCH3 is 1. The number of aryl methyl sites for hydroxylation is 1. The summed E-state index contributed by atoms with van der Waals surface area (Å²) in [6.07, 6.45) is 9.28. The van der Waals surface area contributed by atoms with Gasteiger partial charge in [-0.1, -0.05) is 0 Å². The molecule has 0 aliphatic carbocycles. The molecule has 3 heterocycles. The van der Waals surface area contributed by atoms with Crippen molar-refractivity contribution >= 4 is 16.9 Å². The first kappa shape index (κ1) is 25.2. The summed E-state index contributed by atoms with van der Waals surface area (Å²) in [6.45, 7) is 2.69. The molecular formula is C28H35FN2O4. The molecule has 188 valence electrons. The Morgan fingerprint density at radius 3 is 2.94 bits per heavy atom. The smallest absolute Gasteiger partial charge is 0.303 e. The first-order valence-corrected chi connectivity index (χ1v) is 12.6. The van der Waals surface area contributed by atoms with Gasteiger partial charge in [0.25, 0.3) is 0 Å². The van der Waals surface area contributed by atoms with Crippen molar-refractivity contribution in [2.45, 2.75) is 51.1 Å². The number of carboxylic acid groups (broad SMARTS) is 1. The van der Waals surface area contributed by atoms with Crippen LogP contribution in [0, 0.1) is 11.8 Å². The molecule has 1 N–H and O–H groups in total. The van der Waals surface area contributed by atoms with Crippen molar-refractivity contribution in [2.24, 2.45) is 11.8 Å². The van der Waals surface area contributed by atoms with Crippen LogP contribution in [-0.4, -0.2) is 47.7 Å². The lowest BCUT2D eigenvalue weighted by molar-refractivity contribution is -0.139. The largest absolute Gasteiger partial charge is 0.497 e. The van der Waals surface area contributed by atoms with Gasteiger partial charge >= 0.3 is 5.97 Å². The highest BCUT2D eigenvalue weighted by atomic mass is 19.1. The lowest BCUT2D eigenvalue weighted by atomic mass is 9.79. The second kappa shape index (κ2) is 12.2. The summed E-state index contributed by atoms with van der Waals surface area (Å²) >= 11 is 0. The van der Waals surface area contributed by atoms with Crippen molar-refractivity contribution in [3.05, 3.63) is 60.2 Å². The number of carboxylic acids is 1. The number of benzene rings is 1. The number of fused-ring (bicyclic) bond motifs is 1. The van der Waals surface area contributed by atoms with Crippen LogP contribution in [0.25, 0.3) is 10.9 Å². The number of pyridine rings is 1. The second-order valence-electron chi connectivity index (χ2n) is 9.62. The first-order chi connectivity index (χ1) is 17.0. The molecule has 1 fully saturated rings. The molecular weight excluding hydrogens is 447 g/mol. The number of alkyl halides is 1. The molecule has 0 radical (unpaired) electrons. The average Bonchev–Trinajstić information content (AvgIpc) is 3.38. The Labute approximate surface area is 206 Å². The van der Waals surface area contributed by atoms with Crippen LogP contribution in [0.3, 0.4) is 0 Å². The van der Waals surface area contributed by atoms with Gasteiger partial charge in [-0.15, -0.1) is 0 Å². The maximum atomic E-state index is 15.4. The van der Waals surface area contributed by atoms with E-state index in [2.05, 4.69) is 9.88 Å². The molecule has 0 amide bonds. The minimum atomic E-state index is -1.13. The van der Waals surface area contributed by atoms with Crippen LogP contribution in [0.15, 0.2) is 53.5 Å². The molecule has 7 heteroatoms. The molecule has 1 aromatic carbocycles. The Morgan fingerprint density at radius 1 is 1.29 bits per heavy atom. The van der Waals surface area contributed by atoms with Crippen LogP contribution >= 0.6 is 0 Å². The van der Waals surface area contributed by atoms with Crippen LogP contribution < -0.4 is 4.74 Å². The van der Waals surface area contributed by atoms with E-state index in [1.54, 1.807) is 31.9 Å². The molecule has 0 saturated carbocycles. The minimum absolute atomic E-state index is 0.0524. The van der Waals surface area contributed by atoms with E-state index in [9.17, 15) is 9.90 Å². The number of furan rings is 1. The second-order valence-corrected chi connectivity index (χ2v) is 9.62. The van der Waals surface area contributed by atoms with E-state index in [0.29, 0.717) is 24.2 Å². The van der Waals surface area contributed by atoms with Crippen molar-refractivity contribution < 1.29 is 23.4 Å². The molecule has 3 atom stereocenters. The normalized spacial score (nSPS) is 19.6. The Kier molecular flexibility index (Phi) is 8.74. The molecule has 0 unspecified atom stereocenters. The minimum Gasteiger partial charge on any atom is -0.497 e. The van der Waals surface area contributed by atoms with E-state index in [0.717, 1.165) is 56.2 Å². The molecule has 4 rings (SSSR count). The van der Waals surface area contributed by atoms with Crippen LogP contribution in [0.1, 0.15) is 55.8 Å². The van der Waals surface area contributed by atoms with E-state index in [1.165, 1.54) is 5.56 Å². The number of carbonyl (C=O) groups is 1. The number of unbranched alkanes of at least 4 members (excludes halogenated alkanes) is 1. The van der Waals surface area contributed by atoms with E-state index in [-0.39, 0.29) is 18.3 Å². The molecule has 0 spiro atoms. The number of rotatable bonds is 12. The number of aromatic nitrogens is 1. The van der Waals surface area contributed by atoms with Crippen LogP contribution in [0.5, 0.6) is 5.75 Å². The zero-order valence-electron chi connectivity index (χ0n) is 20.4. The van der Waals surface area contributed by atoms with Gasteiger partial charge in [-0.25, -0.2) is 4.39 Å². The zero-order chi connectivity index (χ0) is 24.6. The fourth-order valence-corrected chi connectivity index (χ4v) is 5.36. The molecule has 2 aromatic heterocycles. The summed E-state index contributed by atoms with van der Waals surface area (Å²) in [4.78, 5) is 18.3. The number of ether oxygens (including phenoxy) is 1. The van der Waals surface area contributed by atoms with Crippen LogP contribution in [0.2, 0.25) is 0 Å². The summed E-state index contributed by atoms with van der Waals surface area (Å²) in [5, 5.41) is 10.3. The van der Waals surface area contributed by atoms with Gasteiger partial charge in [-0.2, -0.15) is 0 Å². The average molecular weight is 483 g/mol. The fourth-order valence-electron chi connectivity index (χ4n) is 5.36. The van der Waals surface area contributed by atoms with Gasteiger partial charge in [0.15, 0.2) is 0 Å². The van der Waals surface area contributed by atoms with Gasteiger partial charge in [0.2, 0.25) is 0 Å². The van der Waals surface area contributed by atoms with E-state index < -0.39 is 12.1 Å². The lowest BCUT2D eigenvalue weighted by Crippen LogP contribution is -2.41. The van der Waals surface area contributed by atoms with Gasteiger partial charge in [0.05, 0.1) is 25.2 Å². The van der Waals surface area contributed by atoms with E-state index in [1.807, 2.05) is 24.3 Å². The third-order valence-corrected chi connectivity index (χ3v) is 7.29. The Morgan fingerprint density at radius 2 is 2.17 bits per heavy atom. The molecule has 1 aliphatic rings. The third kappa shape index (κ3) is 6.82. The van der Waals surface area contributed by atoms with Gasteiger partial charge in [0, 0.05) is 24.5 Å². The molecule has 3 aromatic rings. The van der Waals surface area contributed by atoms with E-state index >= 15 is 4.39 Å². The standard InChI is InChI=1S/C28H35FN2O4/c1-34-23-6-8-27-25(17-23)24(9-12-30-27)26(29)7-5-21-10-14-31(18-22(21)16-28(32)33)13-3-2-4-20-11-15-35-19-20/h6,8-9,11-12,15,17,19,21-22,26H,2-5,7,10,13-14,16,18H2,1H3,(H,32,33)/t21-,22+,26+/m1/s1. The summed E-state index contributed by atoms with van der Waals surface area (Å²) in [5.74, 6) is 0.175. The summed E-state index contributed by atoms with van der Waals surface area (Å²) < 4.78 is 25.9. The summed E-state index contributed by atoms with van der Waals surface area (Å²) in [7, 11) is 1.60. The number of aliphatic carboxylic acids is 1. The van der Waals surface area contributed by atoms with Gasteiger partial charge in [-0.3, -0.25) is 9.78 Å². The monoisotopic (exact) mass is 482 g/mol. The molecule has 35 heavy (non-hydrogen) atoms. The summed E-state index contributed by atoms with van der Waals surface area (Å²) in [5.41, 5.74) is 2.59. The first-order valence-electron chi connectivity index (χ1n) is 12.6. The predicted molar refractivity (Wildman–Crippen MR) is 133 cm³/mol. The third-order valence-electron chi connectivity index (χ3n) is 7.29. The highest BCUT2D eigenvalue weighted by molar-refractivity contribution is 5.83. The fraction of sp³-hybridized carbons (Fsp3) is 0.500. The Hall–Kier alpha value is -2.93. The quantitative estimate of drug-likeness (QED) is 0.316. The maximum Gasteiger partial charge on any atom is 0.303 e. The molecule has 0 bridgehead atoms. The Balaban J connectivity index is 1.32. The zero-order valence-corrected chi connectivity index (χ0v) is 20.4. The molecule has 1 saturated heterocycles. The van der Waals surface area contributed by atoms with Gasteiger partial charge in [0.1, 0.15) is 11.9 Å². The Bertz CT molecular complexity index is 1090. The van der Waals surface area contributed by atoms with Crippen LogP contribution in [0.4, 0.5) is 4.39 Å². The van der Waals surface area contributed by atoms with Gasteiger partial charge in [-0.05, 0) is 105 Å². The number of hydrogen-bond acceptors (Lipinski definition) is 5. The van der Waals surface area contributed by atoms with Crippen molar-refractivity contribution in [1.82, 2.24) is 9.88 Å². The number of nitrogens with zero attached hydrogens (tertiary/aromatic N) is 2. The lowest BCUT2D eigenvalue weighted by Gasteiger charge is -2.38. The number of hydrogen-bond donors (Lipinski definition) is 1. The summed E-state index contributed by atoms with van der Waals surface area (Å²) in [6, 6.07) is 9.25. The SMILES string of the molecule is COc1ccc2nccc([C@@H](F)CC[C@@H]3CCN(CCCCc4ccoc4)C[C@@H]3CC(=O)O)c2c1. The van der Waals surface area contributed by atoms with Crippen LogP contribution in [-0.2, 0) is 11.2 Å². The highest BCUT2D eigenvalue weighted by Gasteiger charge is 2.31. The maximum absolute atomic E-state index is 15.4. The van der Waals surface area contributed by atoms with Crippen molar-refractivity contribution in [2.75, 3.05) is 26.7 Å². The number of halogens is 1. The molecule has 1 aliphatic heterocycles. The van der Waals surface area contributed by atoms with Crippen molar-refractivity contribution in [3.8, 4) is 5.75 Å². The van der Waals surface area contributed by atoms with Crippen molar-refractivity contribution in [3.63, 3.8) is 0 Å². The molecule has 6 nitrogen and oxygen atoms in total. The number of piperidine rings is 1. The predicted octanol–water partition coefficient (Wildman–Crippen LogP) is 6.06. The van der Waals surface area contributed by atoms with E-state index in [4.69, 9.17) is 9.15 Å². The highest BCUT2D eigenvalue weighted by Crippen LogP contribution is 2.36. The van der Waals surface area contributed by atoms with Crippen molar-refractivity contribution in [1.29, 1.82) is 0 Å². The topological polar surface area (TPSA) is 75.8 Å².